The molecule has 3 aromatic heterocycles. The molecule has 0 spiro atoms. The van der Waals surface area contributed by atoms with Crippen LogP contribution in [0.2, 0.25) is 0 Å². The maximum Gasteiger partial charge on any atom is 0.345 e. The Morgan fingerprint density at radius 1 is 1.16 bits per heavy atom. The number of benzene rings is 2. The van der Waals surface area contributed by atoms with Gasteiger partial charge in [-0.25, -0.2) is 9.79 Å². The van der Waals surface area contributed by atoms with Gasteiger partial charge in [0.1, 0.15) is 10.6 Å². The van der Waals surface area contributed by atoms with Gasteiger partial charge in [0, 0.05) is 33.4 Å². The smallest absolute Gasteiger partial charge is 0.345 e. The summed E-state index contributed by atoms with van der Waals surface area (Å²) in [5.74, 6) is 0. The second-order valence-corrected chi connectivity index (χ2v) is 9.47. The molecule has 160 valence electrons. The molecule has 5 rings (SSSR count). The van der Waals surface area contributed by atoms with E-state index in [1.165, 1.54) is 22.3 Å². The fourth-order valence-corrected chi connectivity index (χ4v) is 4.89. The van der Waals surface area contributed by atoms with Gasteiger partial charge >= 0.3 is 5.63 Å². The molecule has 0 aliphatic rings. The zero-order valence-corrected chi connectivity index (χ0v) is 19.7. The average molecular weight is 507 g/mol. The van der Waals surface area contributed by atoms with Crippen LogP contribution in [-0.4, -0.2) is 20.9 Å². The highest BCUT2D eigenvalue weighted by Crippen LogP contribution is 2.24. The predicted octanol–water partition coefficient (Wildman–Crippen LogP) is 6.20. The minimum Gasteiger partial charge on any atom is -0.422 e. The Balaban J connectivity index is 1.29. The number of aromatic amines is 1. The topological polar surface area (TPSA) is 84.1 Å². The molecule has 0 unspecified atom stereocenters. The van der Waals surface area contributed by atoms with Crippen LogP contribution in [-0.2, 0) is 12.8 Å². The SMILES string of the molecule is CC(=Nc1nnc(CCCc2c[nH]c3ccccc23)s1)c1cc2cc(Br)ccc2oc1=O. The maximum atomic E-state index is 12.4. The molecule has 8 heteroatoms. The zero-order chi connectivity index (χ0) is 22.1. The fraction of sp³-hybridized carbons (Fsp3) is 0.167. The first-order valence-corrected chi connectivity index (χ1v) is 11.8. The lowest BCUT2D eigenvalue weighted by atomic mass is 10.1. The highest BCUT2D eigenvalue weighted by Gasteiger charge is 2.11. The van der Waals surface area contributed by atoms with Crippen molar-refractivity contribution >= 4 is 60.0 Å². The van der Waals surface area contributed by atoms with Crippen molar-refractivity contribution in [1.29, 1.82) is 0 Å². The number of para-hydroxylation sites is 1. The molecular formula is C24H19BrN4O2S. The van der Waals surface area contributed by atoms with E-state index in [1.54, 1.807) is 19.1 Å². The largest absolute Gasteiger partial charge is 0.422 e. The van der Waals surface area contributed by atoms with E-state index < -0.39 is 5.63 Å². The monoisotopic (exact) mass is 506 g/mol. The number of aryl methyl sites for hydroxylation is 2. The van der Waals surface area contributed by atoms with Crippen molar-refractivity contribution in [3.63, 3.8) is 0 Å². The van der Waals surface area contributed by atoms with Crippen LogP contribution in [0.1, 0.15) is 29.5 Å². The van der Waals surface area contributed by atoms with Gasteiger partial charge in [-0.2, -0.15) is 0 Å². The summed E-state index contributed by atoms with van der Waals surface area (Å²) in [6, 6.07) is 15.6. The van der Waals surface area contributed by atoms with Crippen molar-refractivity contribution in [2.75, 3.05) is 0 Å². The lowest BCUT2D eigenvalue weighted by molar-refractivity contribution is 0.559. The van der Waals surface area contributed by atoms with Crippen molar-refractivity contribution in [2.24, 2.45) is 4.99 Å². The Hall–Kier alpha value is -3.10. The number of nitrogens with zero attached hydrogens (tertiary/aromatic N) is 3. The maximum absolute atomic E-state index is 12.4. The van der Waals surface area contributed by atoms with Gasteiger partial charge in [-0.05, 0) is 55.7 Å². The second kappa shape index (κ2) is 8.80. The molecule has 0 aliphatic carbocycles. The molecule has 0 fully saturated rings. The first kappa shape index (κ1) is 20.8. The van der Waals surface area contributed by atoms with Gasteiger partial charge < -0.3 is 9.40 Å². The van der Waals surface area contributed by atoms with E-state index in [0.717, 1.165) is 39.6 Å². The van der Waals surface area contributed by atoms with Crippen molar-refractivity contribution in [2.45, 2.75) is 26.2 Å². The van der Waals surface area contributed by atoms with Crippen molar-refractivity contribution < 1.29 is 4.42 Å². The molecule has 0 amide bonds. The van der Waals surface area contributed by atoms with Gasteiger partial charge in [0.25, 0.3) is 0 Å². The summed E-state index contributed by atoms with van der Waals surface area (Å²) in [5, 5.41) is 12.0. The van der Waals surface area contributed by atoms with Crippen LogP contribution in [0.4, 0.5) is 5.13 Å². The third-order valence-corrected chi connectivity index (χ3v) is 6.69. The Morgan fingerprint density at radius 2 is 2.03 bits per heavy atom. The standard InChI is InChI=1S/C24H19BrN4O2S/c1-14(19-12-16-11-17(25)9-10-21(16)31-23(19)30)27-24-29-28-22(32-24)8-4-5-15-13-26-20-7-3-2-6-18(15)20/h2-3,6-7,9-13,26H,4-5,8H2,1H3. The number of hydrogen-bond acceptors (Lipinski definition) is 6. The minimum absolute atomic E-state index is 0.412. The van der Waals surface area contributed by atoms with Crippen LogP contribution in [0, 0.1) is 0 Å². The van der Waals surface area contributed by atoms with E-state index in [4.69, 9.17) is 4.42 Å². The fourth-order valence-electron chi connectivity index (χ4n) is 3.71. The molecule has 0 atom stereocenters. The Morgan fingerprint density at radius 3 is 2.94 bits per heavy atom. The number of aliphatic imine (C=N–C) groups is 1. The summed E-state index contributed by atoms with van der Waals surface area (Å²) in [7, 11) is 0. The summed E-state index contributed by atoms with van der Waals surface area (Å²) in [4.78, 5) is 20.2. The summed E-state index contributed by atoms with van der Waals surface area (Å²) in [6.07, 6.45) is 4.85. The van der Waals surface area contributed by atoms with Crippen molar-refractivity contribution in [1.82, 2.24) is 15.2 Å². The van der Waals surface area contributed by atoms with Gasteiger partial charge in [0.2, 0.25) is 5.13 Å². The molecule has 0 radical (unpaired) electrons. The number of aromatic nitrogens is 3. The van der Waals surface area contributed by atoms with E-state index in [2.05, 4.69) is 60.5 Å². The van der Waals surface area contributed by atoms with Crippen LogP contribution in [0.25, 0.3) is 21.9 Å². The Labute approximate surface area is 196 Å². The van der Waals surface area contributed by atoms with E-state index in [1.807, 2.05) is 18.2 Å². The molecule has 0 saturated heterocycles. The van der Waals surface area contributed by atoms with Crippen LogP contribution in [0.15, 0.2) is 73.4 Å². The number of H-pyrrole nitrogens is 1. The highest BCUT2D eigenvalue weighted by molar-refractivity contribution is 9.10. The number of halogens is 1. The van der Waals surface area contributed by atoms with Gasteiger partial charge in [0.15, 0.2) is 0 Å². The molecule has 0 aliphatic heterocycles. The Kier molecular flexibility index (Phi) is 5.71. The molecule has 3 heterocycles. The van der Waals surface area contributed by atoms with Crippen molar-refractivity contribution in [3.8, 4) is 0 Å². The van der Waals surface area contributed by atoms with Crippen LogP contribution in [0.3, 0.4) is 0 Å². The van der Waals surface area contributed by atoms with E-state index in [0.29, 0.717) is 22.0 Å². The first-order chi connectivity index (χ1) is 15.6. The van der Waals surface area contributed by atoms with Gasteiger partial charge in [0.05, 0.1) is 11.3 Å². The van der Waals surface area contributed by atoms with Gasteiger partial charge in [-0.3, -0.25) is 0 Å². The van der Waals surface area contributed by atoms with Crippen LogP contribution >= 0.6 is 27.3 Å². The second-order valence-electron chi connectivity index (χ2n) is 7.52. The van der Waals surface area contributed by atoms with E-state index in [-0.39, 0.29) is 0 Å². The molecule has 5 aromatic rings. The summed E-state index contributed by atoms with van der Waals surface area (Å²) >= 11 is 4.90. The zero-order valence-electron chi connectivity index (χ0n) is 17.3. The van der Waals surface area contributed by atoms with Crippen molar-refractivity contribution in [3.05, 3.63) is 85.8 Å². The number of hydrogen-bond donors (Lipinski definition) is 1. The summed E-state index contributed by atoms with van der Waals surface area (Å²) < 4.78 is 6.36. The molecule has 0 saturated carbocycles. The summed E-state index contributed by atoms with van der Waals surface area (Å²) in [6.45, 7) is 1.79. The van der Waals surface area contributed by atoms with Crippen LogP contribution in [0.5, 0.6) is 0 Å². The van der Waals surface area contributed by atoms with Gasteiger partial charge in [-0.15, -0.1) is 10.2 Å². The summed E-state index contributed by atoms with van der Waals surface area (Å²) in [5.41, 5.74) is 3.59. The molecule has 2 aromatic carbocycles. The van der Waals surface area contributed by atoms with Gasteiger partial charge in [-0.1, -0.05) is 45.5 Å². The number of rotatable bonds is 6. The molecule has 32 heavy (non-hydrogen) atoms. The van der Waals surface area contributed by atoms with E-state index in [9.17, 15) is 4.79 Å². The number of fused-ring (bicyclic) bond motifs is 2. The third kappa shape index (κ3) is 4.28. The quantitative estimate of drug-likeness (QED) is 0.219. The predicted molar refractivity (Wildman–Crippen MR) is 132 cm³/mol. The normalized spacial score (nSPS) is 12.1. The highest BCUT2D eigenvalue weighted by atomic mass is 79.9. The average Bonchev–Trinajstić information content (AvgIpc) is 3.40. The van der Waals surface area contributed by atoms with E-state index >= 15 is 0 Å². The lowest BCUT2D eigenvalue weighted by Crippen LogP contribution is -2.11. The number of nitrogens with one attached hydrogen (secondary N) is 1. The van der Waals surface area contributed by atoms with Crippen LogP contribution < -0.4 is 5.63 Å². The molecule has 0 bridgehead atoms. The molecular weight excluding hydrogens is 488 g/mol. The first-order valence-electron chi connectivity index (χ1n) is 10.2. The minimum atomic E-state index is -0.412. The molecule has 1 N–H and O–H groups in total. The Bertz CT molecular complexity index is 1520. The molecule has 6 nitrogen and oxygen atoms in total. The lowest BCUT2D eigenvalue weighted by Gasteiger charge is -2.02. The third-order valence-electron chi connectivity index (χ3n) is 5.32.